The zero-order valence-electron chi connectivity index (χ0n) is 12.2. The molecule has 0 heteroatoms. The van der Waals surface area contributed by atoms with E-state index in [0.29, 0.717) is 0 Å². The summed E-state index contributed by atoms with van der Waals surface area (Å²) in [5.41, 5.74) is 0. The summed E-state index contributed by atoms with van der Waals surface area (Å²) in [5.74, 6) is 0. The van der Waals surface area contributed by atoms with Gasteiger partial charge in [-0.1, -0.05) is 62.8 Å². The monoisotopic (exact) mass is 248 g/mol. The number of allylic oxidation sites excluding steroid dienone is 4. The molecule has 0 spiro atoms. The van der Waals surface area contributed by atoms with Gasteiger partial charge in [-0.2, -0.15) is 0 Å². The summed E-state index contributed by atoms with van der Waals surface area (Å²) < 4.78 is 0. The van der Waals surface area contributed by atoms with Crippen LogP contribution in [0.5, 0.6) is 0 Å². The van der Waals surface area contributed by atoms with Crippen molar-refractivity contribution < 1.29 is 0 Å². The van der Waals surface area contributed by atoms with Crippen molar-refractivity contribution >= 4 is 0 Å². The van der Waals surface area contributed by atoms with Crippen molar-refractivity contribution in [1.29, 1.82) is 0 Å². The standard InChI is InChI=1S/C18H32/c1-2-4-6-8-10-12-14-16-18-17-15-13-11-9-7-5-3-1/h1-2,11,13H,3-10,12,14-18H2/b2-1+,13-11?. The van der Waals surface area contributed by atoms with Crippen LogP contribution in [0, 0.1) is 0 Å². The fourth-order valence-electron chi connectivity index (χ4n) is 2.58. The summed E-state index contributed by atoms with van der Waals surface area (Å²) in [6.45, 7) is 0. The summed E-state index contributed by atoms with van der Waals surface area (Å²) in [4.78, 5) is 0. The molecule has 1 aliphatic rings. The van der Waals surface area contributed by atoms with Gasteiger partial charge in [0.05, 0.1) is 0 Å². The summed E-state index contributed by atoms with van der Waals surface area (Å²) in [6.07, 6.45) is 29.0. The lowest BCUT2D eigenvalue weighted by Crippen LogP contribution is -1.81. The first-order valence-corrected chi connectivity index (χ1v) is 8.30. The molecule has 0 aromatic carbocycles. The Morgan fingerprint density at radius 1 is 0.278 bits per heavy atom. The molecule has 0 aliphatic heterocycles. The Kier molecular flexibility index (Phi) is 11.2. The minimum Gasteiger partial charge on any atom is -0.0885 e. The average molecular weight is 248 g/mol. The summed E-state index contributed by atoms with van der Waals surface area (Å²) in [7, 11) is 0. The molecule has 1 rings (SSSR count). The van der Waals surface area contributed by atoms with Gasteiger partial charge in [0.25, 0.3) is 0 Å². The van der Waals surface area contributed by atoms with E-state index in [4.69, 9.17) is 0 Å². The molecule has 0 saturated carbocycles. The highest BCUT2D eigenvalue weighted by Gasteiger charge is 1.92. The van der Waals surface area contributed by atoms with Crippen LogP contribution in [-0.2, 0) is 0 Å². The second-order valence-corrected chi connectivity index (χ2v) is 5.63. The van der Waals surface area contributed by atoms with Crippen molar-refractivity contribution in [2.45, 2.75) is 89.9 Å². The number of rotatable bonds is 0. The molecule has 0 N–H and O–H groups in total. The number of hydrogen-bond acceptors (Lipinski definition) is 0. The molecular formula is C18H32. The van der Waals surface area contributed by atoms with Crippen molar-refractivity contribution in [2.24, 2.45) is 0 Å². The maximum Gasteiger partial charge on any atom is -0.0351 e. The molecule has 0 bridgehead atoms. The van der Waals surface area contributed by atoms with E-state index in [2.05, 4.69) is 24.3 Å². The fraction of sp³-hybridized carbons (Fsp3) is 0.778. The third-order valence-electron chi connectivity index (χ3n) is 3.82. The average Bonchev–Trinajstić information content (AvgIpc) is 2.39. The molecule has 0 fully saturated rings. The molecule has 0 amide bonds. The van der Waals surface area contributed by atoms with Gasteiger partial charge in [-0.3, -0.25) is 0 Å². The maximum atomic E-state index is 2.40. The summed E-state index contributed by atoms with van der Waals surface area (Å²) >= 11 is 0. The molecule has 104 valence electrons. The topological polar surface area (TPSA) is 0 Å². The van der Waals surface area contributed by atoms with Crippen molar-refractivity contribution in [3.05, 3.63) is 24.3 Å². The number of hydrogen-bond donors (Lipinski definition) is 0. The van der Waals surface area contributed by atoms with Crippen LogP contribution < -0.4 is 0 Å². The van der Waals surface area contributed by atoms with E-state index in [0.717, 1.165) is 0 Å². The van der Waals surface area contributed by atoms with E-state index in [9.17, 15) is 0 Å². The van der Waals surface area contributed by atoms with Gasteiger partial charge in [0.1, 0.15) is 0 Å². The zero-order valence-corrected chi connectivity index (χ0v) is 12.2. The molecule has 0 radical (unpaired) electrons. The van der Waals surface area contributed by atoms with E-state index >= 15 is 0 Å². The van der Waals surface area contributed by atoms with E-state index in [1.54, 1.807) is 0 Å². The van der Waals surface area contributed by atoms with Gasteiger partial charge in [0, 0.05) is 0 Å². The predicted octanol–water partition coefficient (Wildman–Crippen LogP) is 6.57. The molecule has 1 aliphatic carbocycles. The molecule has 0 heterocycles. The molecule has 0 saturated heterocycles. The quantitative estimate of drug-likeness (QED) is 0.425. The van der Waals surface area contributed by atoms with Gasteiger partial charge in [-0.15, -0.1) is 0 Å². The van der Waals surface area contributed by atoms with Gasteiger partial charge in [-0.05, 0) is 51.4 Å². The largest absolute Gasteiger partial charge is 0.0885 e. The molecule has 0 aromatic rings. The van der Waals surface area contributed by atoms with Crippen LogP contribution >= 0.6 is 0 Å². The van der Waals surface area contributed by atoms with Gasteiger partial charge >= 0.3 is 0 Å². The minimum absolute atomic E-state index is 1.29. The Morgan fingerprint density at radius 3 is 0.833 bits per heavy atom. The first-order chi connectivity index (χ1) is 9.00. The van der Waals surface area contributed by atoms with Gasteiger partial charge in [0.2, 0.25) is 0 Å². The zero-order chi connectivity index (χ0) is 12.7. The summed E-state index contributed by atoms with van der Waals surface area (Å²) in [5, 5.41) is 0. The maximum absolute atomic E-state index is 2.40. The highest BCUT2D eigenvalue weighted by Crippen LogP contribution is 2.12. The highest BCUT2D eigenvalue weighted by atomic mass is 14.0. The third kappa shape index (κ3) is 10.6. The SMILES string of the molecule is C1=CCCCCCCCCCC/C=C/CCCC1. The molecule has 0 unspecified atom stereocenters. The lowest BCUT2D eigenvalue weighted by Gasteiger charge is -2.01. The van der Waals surface area contributed by atoms with Crippen LogP contribution in [0.2, 0.25) is 0 Å². The minimum atomic E-state index is 1.29. The first kappa shape index (κ1) is 15.5. The predicted molar refractivity (Wildman–Crippen MR) is 82.9 cm³/mol. The van der Waals surface area contributed by atoms with Crippen molar-refractivity contribution in [1.82, 2.24) is 0 Å². The van der Waals surface area contributed by atoms with E-state index < -0.39 is 0 Å². The van der Waals surface area contributed by atoms with Crippen molar-refractivity contribution in [2.75, 3.05) is 0 Å². The third-order valence-corrected chi connectivity index (χ3v) is 3.82. The molecule has 18 heavy (non-hydrogen) atoms. The Bertz CT molecular complexity index is 188. The van der Waals surface area contributed by atoms with Crippen molar-refractivity contribution in [3.63, 3.8) is 0 Å². The van der Waals surface area contributed by atoms with E-state index in [1.165, 1.54) is 89.9 Å². The molecular weight excluding hydrogens is 216 g/mol. The first-order valence-electron chi connectivity index (χ1n) is 8.30. The molecule has 0 atom stereocenters. The van der Waals surface area contributed by atoms with Gasteiger partial charge in [-0.25, -0.2) is 0 Å². The second kappa shape index (κ2) is 12.9. The second-order valence-electron chi connectivity index (χ2n) is 5.63. The lowest BCUT2D eigenvalue weighted by molar-refractivity contribution is 0.570. The van der Waals surface area contributed by atoms with Crippen LogP contribution in [0.15, 0.2) is 24.3 Å². The van der Waals surface area contributed by atoms with Crippen molar-refractivity contribution in [3.8, 4) is 0 Å². The van der Waals surface area contributed by atoms with Gasteiger partial charge in [0.15, 0.2) is 0 Å². The Balaban J connectivity index is 2.12. The Hall–Kier alpha value is -0.520. The van der Waals surface area contributed by atoms with Gasteiger partial charge < -0.3 is 0 Å². The van der Waals surface area contributed by atoms with Crippen LogP contribution in [0.1, 0.15) is 89.9 Å². The highest BCUT2D eigenvalue weighted by molar-refractivity contribution is 4.84. The lowest BCUT2D eigenvalue weighted by atomic mass is 10.1. The van der Waals surface area contributed by atoms with E-state index in [-0.39, 0.29) is 0 Å². The smallest absolute Gasteiger partial charge is 0.0351 e. The normalized spacial score (nSPS) is 24.0. The molecule has 0 aromatic heterocycles. The summed E-state index contributed by atoms with van der Waals surface area (Å²) in [6, 6.07) is 0. The fourth-order valence-corrected chi connectivity index (χ4v) is 2.58. The van der Waals surface area contributed by atoms with E-state index in [1.807, 2.05) is 0 Å². The van der Waals surface area contributed by atoms with Crippen LogP contribution in [0.3, 0.4) is 0 Å². The molecule has 0 nitrogen and oxygen atoms in total. The van der Waals surface area contributed by atoms with Crippen LogP contribution in [0.25, 0.3) is 0 Å². The van der Waals surface area contributed by atoms with Crippen LogP contribution in [0.4, 0.5) is 0 Å². The Morgan fingerprint density at radius 2 is 0.500 bits per heavy atom. The Labute approximate surface area is 115 Å². The van der Waals surface area contributed by atoms with Crippen LogP contribution in [-0.4, -0.2) is 0 Å².